The highest BCUT2D eigenvalue weighted by Gasteiger charge is 2.23. The van der Waals surface area contributed by atoms with E-state index in [-0.39, 0.29) is 5.56 Å². The molecule has 0 spiro atoms. The highest BCUT2D eigenvalue weighted by Crippen LogP contribution is 2.31. The molecule has 0 fully saturated rings. The monoisotopic (exact) mass is 630 g/mol. The Morgan fingerprint density at radius 1 is 0.783 bits per heavy atom. The number of hydrogen-bond acceptors (Lipinski definition) is 5. The number of aldehydes is 1. The topological polar surface area (TPSA) is 42.0 Å². The Kier molecular flexibility index (Phi) is 15.5. The zero-order valence-corrected chi connectivity index (χ0v) is 28.2. The Bertz CT molecular complexity index is 1480. The van der Waals surface area contributed by atoms with Crippen LogP contribution in [0.5, 0.6) is 11.5 Å². The Balaban J connectivity index is 0.000000410. The molecule has 0 radical (unpaired) electrons. The molecule has 0 bridgehead atoms. The van der Waals surface area contributed by atoms with Gasteiger partial charge < -0.3 is 24.1 Å². The fourth-order valence-corrected chi connectivity index (χ4v) is 4.26. The molecule has 0 aromatic heterocycles. The van der Waals surface area contributed by atoms with Gasteiger partial charge in [-0.25, -0.2) is 8.78 Å². The molecule has 0 aliphatic rings. The number of alkyl halides is 2. The molecule has 0 aliphatic carbocycles. The quantitative estimate of drug-likeness (QED) is 0.138. The van der Waals surface area contributed by atoms with Gasteiger partial charge in [-0.3, -0.25) is 0 Å². The van der Waals surface area contributed by atoms with Gasteiger partial charge >= 0.3 is 0 Å². The van der Waals surface area contributed by atoms with E-state index in [1.807, 2.05) is 137 Å². The summed E-state index contributed by atoms with van der Waals surface area (Å²) in [5, 5.41) is 0. The van der Waals surface area contributed by atoms with Crippen molar-refractivity contribution in [2.75, 3.05) is 19.0 Å². The van der Waals surface area contributed by atoms with E-state index in [1.165, 1.54) is 6.07 Å². The second kappa shape index (κ2) is 19.0. The van der Waals surface area contributed by atoms with Crippen molar-refractivity contribution < 1.29 is 23.0 Å². The third-order valence-corrected chi connectivity index (χ3v) is 7.10. The number of carbonyl (C=O) groups excluding carboxylic acids is 1. The summed E-state index contributed by atoms with van der Waals surface area (Å²) in [6.45, 7) is 14.7. The second-order valence-corrected chi connectivity index (χ2v) is 11.1. The van der Waals surface area contributed by atoms with Gasteiger partial charge in [0.15, 0.2) is 11.5 Å². The van der Waals surface area contributed by atoms with E-state index in [0.717, 1.165) is 28.7 Å². The number of nitrogens with zero attached hydrogens (tertiary/aromatic N) is 2. The first-order valence-corrected chi connectivity index (χ1v) is 15.4. The summed E-state index contributed by atoms with van der Waals surface area (Å²) < 4.78 is 37.1. The molecule has 46 heavy (non-hydrogen) atoms. The molecule has 0 unspecified atom stereocenters. The van der Waals surface area contributed by atoms with E-state index >= 15 is 0 Å². The summed E-state index contributed by atoms with van der Waals surface area (Å²) in [7, 11) is 3.67. The second-order valence-electron chi connectivity index (χ2n) is 11.1. The molecular formula is C39H48F2N2O3. The Hall–Kier alpha value is -4.65. The summed E-state index contributed by atoms with van der Waals surface area (Å²) in [4.78, 5) is 15.2. The Morgan fingerprint density at radius 2 is 1.33 bits per heavy atom. The van der Waals surface area contributed by atoms with Gasteiger partial charge in [-0.1, -0.05) is 93.2 Å². The minimum Gasteiger partial charge on any atom is -0.485 e. The normalized spacial score (nSPS) is 10.5. The van der Waals surface area contributed by atoms with Crippen molar-refractivity contribution in [2.24, 2.45) is 0 Å². The minimum absolute atomic E-state index is 0.117. The zero-order chi connectivity index (χ0) is 34.1. The molecule has 4 aromatic rings. The Morgan fingerprint density at radius 3 is 1.80 bits per heavy atom. The minimum atomic E-state index is -2.39. The SMILES string of the molecule is C=CN(Cc1ccc(OCc2ccccc2)c(OCc2ccccc2)c1)C(C)(C)C=O.CC.Cc1ccc(N(C)C)cc1C(F)F. The van der Waals surface area contributed by atoms with Crippen molar-refractivity contribution in [1.82, 2.24) is 4.90 Å². The van der Waals surface area contributed by atoms with Crippen molar-refractivity contribution in [3.05, 3.63) is 138 Å². The fraction of sp³-hybridized carbons (Fsp3) is 0.308. The molecule has 0 saturated heterocycles. The highest BCUT2D eigenvalue weighted by molar-refractivity contribution is 5.63. The van der Waals surface area contributed by atoms with Gasteiger partial charge in [0.25, 0.3) is 6.43 Å². The third-order valence-electron chi connectivity index (χ3n) is 7.10. The van der Waals surface area contributed by atoms with Crippen molar-refractivity contribution in [1.29, 1.82) is 0 Å². The average Bonchev–Trinajstić information content (AvgIpc) is 3.07. The summed E-state index contributed by atoms with van der Waals surface area (Å²) in [6, 6.07) is 31.0. The van der Waals surface area contributed by atoms with Crippen LogP contribution in [0.2, 0.25) is 0 Å². The first-order chi connectivity index (χ1) is 22.0. The number of benzene rings is 4. The maximum Gasteiger partial charge on any atom is 0.264 e. The maximum absolute atomic E-state index is 12.5. The smallest absolute Gasteiger partial charge is 0.264 e. The first kappa shape index (κ1) is 37.5. The molecule has 0 atom stereocenters. The molecule has 4 rings (SSSR count). The van der Waals surface area contributed by atoms with E-state index in [9.17, 15) is 13.6 Å². The lowest BCUT2D eigenvalue weighted by atomic mass is 10.0. The van der Waals surface area contributed by atoms with Crippen molar-refractivity contribution in [3.8, 4) is 11.5 Å². The van der Waals surface area contributed by atoms with Crippen LogP contribution in [0.3, 0.4) is 0 Å². The van der Waals surface area contributed by atoms with E-state index in [0.29, 0.717) is 36.8 Å². The van der Waals surface area contributed by atoms with E-state index in [2.05, 4.69) is 6.58 Å². The van der Waals surface area contributed by atoms with Crippen LogP contribution in [0.25, 0.3) is 0 Å². The number of halogens is 2. The van der Waals surface area contributed by atoms with Crippen LogP contribution in [0.4, 0.5) is 14.5 Å². The Labute approximate surface area is 274 Å². The predicted molar refractivity (Wildman–Crippen MR) is 186 cm³/mol. The van der Waals surface area contributed by atoms with Gasteiger partial charge in [0.2, 0.25) is 0 Å². The van der Waals surface area contributed by atoms with Gasteiger partial charge in [0.1, 0.15) is 19.5 Å². The van der Waals surface area contributed by atoms with Gasteiger partial charge in [-0.2, -0.15) is 0 Å². The van der Waals surface area contributed by atoms with E-state index in [1.54, 1.807) is 19.2 Å². The van der Waals surface area contributed by atoms with Crippen molar-refractivity contribution in [3.63, 3.8) is 0 Å². The molecule has 4 aromatic carbocycles. The number of hydrogen-bond donors (Lipinski definition) is 0. The van der Waals surface area contributed by atoms with Gasteiger partial charge in [0, 0.05) is 31.9 Å². The summed E-state index contributed by atoms with van der Waals surface area (Å²) in [5.41, 5.74) is 4.09. The van der Waals surface area contributed by atoms with Crippen LogP contribution in [-0.2, 0) is 24.6 Å². The molecule has 7 heteroatoms. The molecule has 246 valence electrons. The maximum atomic E-state index is 12.5. The van der Waals surface area contributed by atoms with Gasteiger partial charge in [-0.05, 0) is 73.5 Å². The molecule has 0 heterocycles. The lowest BCUT2D eigenvalue weighted by Gasteiger charge is -2.33. The molecule has 0 aliphatic heterocycles. The van der Waals surface area contributed by atoms with Crippen LogP contribution in [0.15, 0.2) is 110 Å². The predicted octanol–water partition coefficient (Wildman–Crippen LogP) is 9.79. The van der Waals surface area contributed by atoms with Crippen molar-refractivity contribution >= 4 is 12.0 Å². The van der Waals surface area contributed by atoms with Crippen LogP contribution >= 0.6 is 0 Å². The number of ether oxygens (including phenoxy) is 2. The summed E-state index contributed by atoms with van der Waals surface area (Å²) >= 11 is 0. The number of carbonyl (C=O) groups is 1. The van der Waals surface area contributed by atoms with E-state index < -0.39 is 12.0 Å². The lowest BCUT2D eigenvalue weighted by Crippen LogP contribution is -2.40. The number of aryl methyl sites for hydroxylation is 1. The van der Waals surface area contributed by atoms with Crippen LogP contribution < -0.4 is 14.4 Å². The largest absolute Gasteiger partial charge is 0.485 e. The summed E-state index contributed by atoms with van der Waals surface area (Å²) in [5.74, 6) is 1.36. The fourth-order valence-electron chi connectivity index (χ4n) is 4.26. The van der Waals surface area contributed by atoms with E-state index in [4.69, 9.17) is 9.47 Å². The highest BCUT2D eigenvalue weighted by atomic mass is 19.3. The molecule has 0 N–H and O–H groups in total. The van der Waals surface area contributed by atoms with Crippen LogP contribution in [0, 0.1) is 6.92 Å². The third kappa shape index (κ3) is 11.7. The molecule has 0 amide bonds. The zero-order valence-electron chi connectivity index (χ0n) is 28.2. The first-order valence-electron chi connectivity index (χ1n) is 15.4. The number of anilines is 1. The molecule has 0 saturated carbocycles. The number of rotatable bonds is 13. The van der Waals surface area contributed by atoms with Gasteiger partial charge in [-0.15, -0.1) is 0 Å². The summed E-state index contributed by atoms with van der Waals surface area (Å²) in [6.07, 6.45) is 0.234. The van der Waals surface area contributed by atoms with Crippen LogP contribution in [0.1, 0.15) is 61.9 Å². The standard InChI is InChI=1S/C27H29NO3.C10H13F2N.C2H6/c1-4-28(27(2,3)21-29)18-24-15-16-25(30-19-22-11-7-5-8-12-22)26(17-24)31-20-23-13-9-6-10-14-23;1-7-4-5-8(13(2)3)6-9(7)10(11)12;1-2/h4-17,21H,1,18-20H2,2-3H3;4-6,10H,1-3H3;1-2H3. The van der Waals surface area contributed by atoms with Gasteiger partial charge in [0.05, 0.1) is 5.54 Å². The molecular weight excluding hydrogens is 582 g/mol. The van der Waals surface area contributed by atoms with Crippen LogP contribution in [-0.4, -0.2) is 30.8 Å². The van der Waals surface area contributed by atoms with Crippen molar-refractivity contribution in [2.45, 2.75) is 66.3 Å². The lowest BCUT2D eigenvalue weighted by molar-refractivity contribution is -0.115. The molecule has 5 nitrogen and oxygen atoms in total. The average molecular weight is 631 g/mol.